The van der Waals surface area contributed by atoms with Crippen molar-refractivity contribution in [1.82, 2.24) is 5.32 Å². The lowest BCUT2D eigenvalue weighted by molar-refractivity contribution is 0.0956. The van der Waals surface area contributed by atoms with E-state index >= 15 is 0 Å². The van der Waals surface area contributed by atoms with E-state index in [1.165, 1.54) is 6.07 Å². The Bertz CT molecular complexity index is 629. The lowest BCUT2D eigenvalue weighted by atomic mass is 10.1. The number of nitrogens with one attached hydrogen (secondary N) is 2. The van der Waals surface area contributed by atoms with Crippen molar-refractivity contribution >= 4 is 23.2 Å². The summed E-state index contributed by atoms with van der Waals surface area (Å²) in [6, 6.07) is 11.8. The smallest absolute Gasteiger partial charge is 0.251 e. The molecule has 2 aromatic rings. The standard InChI is InChI=1S/C16H16ClFN2O/c1-2-19-16(21)12-4-6-13(7-5-12)20-10-11-3-8-15(18)14(17)9-11/h3-9,20H,2,10H2,1H3,(H,19,21). The van der Waals surface area contributed by atoms with Crippen molar-refractivity contribution in [3.05, 3.63) is 64.4 Å². The molecule has 0 heterocycles. The van der Waals surface area contributed by atoms with E-state index < -0.39 is 5.82 Å². The van der Waals surface area contributed by atoms with Crippen molar-refractivity contribution in [2.45, 2.75) is 13.5 Å². The SMILES string of the molecule is CCNC(=O)c1ccc(NCc2ccc(F)c(Cl)c2)cc1. The Labute approximate surface area is 128 Å². The van der Waals surface area contributed by atoms with E-state index in [9.17, 15) is 9.18 Å². The van der Waals surface area contributed by atoms with Crippen LogP contribution < -0.4 is 10.6 Å². The Morgan fingerprint density at radius 2 is 1.90 bits per heavy atom. The summed E-state index contributed by atoms with van der Waals surface area (Å²) in [5.41, 5.74) is 2.38. The minimum absolute atomic E-state index is 0.0885. The van der Waals surface area contributed by atoms with Gasteiger partial charge in [-0.3, -0.25) is 4.79 Å². The molecule has 21 heavy (non-hydrogen) atoms. The molecular formula is C16H16ClFN2O. The molecule has 5 heteroatoms. The number of halogens is 2. The molecule has 3 nitrogen and oxygen atoms in total. The second-order valence-electron chi connectivity index (χ2n) is 4.54. The molecule has 0 atom stereocenters. The molecule has 0 fully saturated rings. The molecule has 2 N–H and O–H groups in total. The fraction of sp³-hybridized carbons (Fsp3) is 0.188. The van der Waals surface area contributed by atoms with Crippen LogP contribution in [-0.2, 0) is 6.54 Å². The zero-order chi connectivity index (χ0) is 15.2. The maximum Gasteiger partial charge on any atom is 0.251 e. The van der Waals surface area contributed by atoms with Crippen molar-refractivity contribution < 1.29 is 9.18 Å². The van der Waals surface area contributed by atoms with Crippen molar-refractivity contribution in [3.63, 3.8) is 0 Å². The van der Waals surface area contributed by atoms with Gasteiger partial charge in [-0.15, -0.1) is 0 Å². The second kappa shape index (κ2) is 7.09. The van der Waals surface area contributed by atoms with Gasteiger partial charge < -0.3 is 10.6 Å². The van der Waals surface area contributed by atoms with E-state index in [0.717, 1.165) is 11.3 Å². The van der Waals surface area contributed by atoms with Crippen LogP contribution in [0.25, 0.3) is 0 Å². The number of benzene rings is 2. The Kier molecular flexibility index (Phi) is 5.17. The van der Waals surface area contributed by atoms with Gasteiger partial charge in [0.1, 0.15) is 5.82 Å². The summed E-state index contributed by atoms with van der Waals surface area (Å²) in [5, 5.41) is 6.05. The van der Waals surface area contributed by atoms with Crippen molar-refractivity contribution in [1.29, 1.82) is 0 Å². The third kappa shape index (κ3) is 4.20. The molecule has 0 spiro atoms. The van der Waals surface area contributed by atoms with Crippen LogP contribution in [0.2, 0.25) is 5.02 Å². The molecule has 0 bridgehead atoms. The number of hydrogen-bond donors (Lipinski definition) is 2. The van der Waals surface area contributed by atoms with Gasteiger partial charge >= 0.3 is 0 Å². The first kappa shape index (κ1) is 15.3. The molecule has 0 aromatic heterocycles. The molecule has 0 aliphatic carbocycles. The summed E-state index contributed by atoms with van der Waals surface area (Å²) in [6.07, 6.45) is 0. The molecule has 0 unspecified atom stereocenters. The lowest BCUT2D eigenvalue weighted by Gasteiger charge is -2.08. The van der Waals surface area contributed by atoms with Gasteiger partial charge in [-0.2, -0.15) is 0 Å². The number of amides is 1. The van der Waals surface area contributed by atoms with Gasteiger partial charge in [-0.1, -0.05) is 17.7 Å². The van der Waals surface area contributed by atoms with Crippen LogP contribution in [0.5, 0.6) is 0 Å². The molecule has 0 radical (unpaired) electrons. The summed E-state index contributed by atoms with van der Waals surface area (Å²) in [6.45, 7) is 3.01. The third-order valence-corrected chi connectivity index (χ3v) is 3.25. The monoisotopic (exact) mass is 306 g/mol. The van der Waals surface area contributed by atoms with Gasteiger partial charge in [-0.05, 0) is 48.9 Å². The molecular weight excluding hydrogens is 291 g/mol. The number of carbonyl (C=O) groups excluding carboxylic acids is 1. The number of carbonyl (C=O) groups is 1. The van der Waals surface area contributed by atoms with Crippen LogP contribution in [0.4, 0.5) is 10.1 Å². The fourth-order valence-corrected chi connectivity index (χ4v) is 2.06. The largest absolute Gasteiger partial charge is 0.381 e. The van der Waals surface area contributed by atoms with Crippen molar-refractivity contribution in [2.24, 2.45) is 0 Å². The van der Waals surface area contributed by atoms with Crippen LogP contribution in [-0.4, -0.2) is 12.5 Å². The van der Waals surface area contributed by atoms with Crippen molar-refractivity contribution in [3.8, 4) is 0 Å². The maximum atomic E-state index is 13.1. The highest BCUT2D eigenvalue weighted by Gasteiger charge is 2.04. The number of rotatable bonds is 5. The maximum absolute atomic E-state index is 13.1. The average molecular weight is 307 g/mol. The highest BCUT2D eigenvalue weighted by atomic mass is 35.5. The summed E-state index contributed by atoms with van der Waals surface area (Å²) in [4.78, 5) is 11.6. The lowest BCUT2D eigenvalue weighted by Crippen LogP contribution is -2.22. The average Bonchev–Trinajstić information content (AvgIpc) is 2.49. The number of hydrogen-bond acceptors (Lipinski definition) is 2. The van der Waals surface area contributed by atoms with Crippen LogP contribution in [0.1, 0.15) is 22.8 Å². The summed E-state index contributed by atoms with van der Waals surface area (Å²) < 4.78 is 13.1. The van der Waals surface area contributed by atoms with E-state index in [-0.39, 0.29) is 10.9 Å². The van der Waals surface area contributed by atoms with Crippen LogP contribution >= 0.6 is 11.6 Å². The Balaban J connectivity index is 1.97. The van der Waals surface area contributed by atoms with Gasteiger partial charge in [0.15, 0.2) is 0 Å². The predicted octanol–water partition coefficient (Wildman–Crippen LogP) is 3.84. The Morgan fingerprint density at radius 3 is 2.52 bits per heavy atom. The van der Waals surface area contributed by atoms with E-state index in [1.54, 1.807) is 24.3 Å². The molecule has 110 valence electrons. The third-order valence-electron chi connectivity index (χ3n) is 2.97. The minimum atomic E-state index is -0.424. The van der Waals surface area contributed by atoms with Crippen LogP contribution in [0, 0.1) is 5.82 Å². The van der Waals surface area contributed by atoms with Gasteiger partial charge in [0.2, 0.25) is 0 Å². The summed E-state index contributed by atoms with van der Waals surface area (Å²) >= 11 is 5.73. The normalized spacial score (nSPS) is 10.2. The molecule has 0 aliphatic heterocycles. The van der Waals surface area contributed by atoms with Gasteiger partial charge in [0.05, 0.1) is 5.02 Å². The minimum Gasteiger partial charge on any atom is -0.381 e. The number of anilines is 1. The molecule has 1 amide bonds. The van der Waals surface area contributed by atoms with E-state index in [4.69, 9.17) is 11.6 Å². The Hall–Kier alpha value is -2.07. The molecule has 0 saturated heterocycles. The molecule has 0 aliphatic rings. The Morgan fingerprint density at radius 1 is 1.19 bits per heavy atom. The highest BCUT2D eigenvalue weighted by Crippen LogP contribution is 2.17. The van der Waals surface area contributed by atoms with E-state index in [0.29, 0.717) is 18.7 Å². The topological polar surface area (TPSA) is 41.1 Å². The highest BCUT2D eigenvalue weighted by molar-refractivity contribution is 6.30. The zero-order valence-electron chi connectivity index (χ0n) is 11.6. The van der Waals surface area contributed by atoms with Crippen LogP contribution in [0.15, 0.2) is 42.5 Å². The van der Waals surface area contributed by atoms with Gasteiger partial charge in [0.25, 0.3) is 5.91 Å². The van der Waals surface area contributed by atoms with Crippen molar-refractivity contribution in [2.75, 3.05) is 11.9 Å². The first-order chi connectivity index (χ1) is 10.1. The predicted molar refractivity (Wildman–Crippen MR) is 83.2 cm³/mol. The van der Waals surface area contributed by atoms with Gasteiger partial charge in [-0.25, -0.2) is 4.39 Å². The first-order valence-corrected chi connectivity index (χ1v) is 7.04. The van der Waals surface area contributed by atoms with E-state index in [2.05, 4.69) is 10.6 Å². The fourth-order valence-electron chi connectivity index (χ4n) is 1.86. The zero-order valence-corrected chi connectivity index (χ0v) is 12.4. The van der Waals surface area contributed by atoms with Crippen LogP contribution in [0.3, 0.4) is 0 Å². The second-order valence-corrected chi connectivity index (χ2v) is 4.95. The summed E-state index contributed by atoms with van der Waals surface area (Å²) in [5.74, 6) is -0.513. The quantitative estimate of drug-likeness (QED) is 0.881. The molecule has 2 aromatic carbocycles. The molecule has 0 saturated carbocycles. The molecule has 2 rings (SSSR count). The van der Waals surface area contributed by atoms with Gasteiger partial charge in [0, 0.05) is 24.3 Å². The van der Waals surface area contributed by atoms with E-state index in [1.807, 2.05) is 19.1 Å². The first-order valence-electron chi connectivity index (χ1n) is 6.66. The summed E-state index contributed by atoms with van der Waals surface area (Å²) in [7, 11) is 0.